The smallest absolute Gasteiger partial charge is 0.253 e. The second-order valence-electron chi connectivity index (χ2n) is 5.55. The van der Waals surface area contributed by atoms with Gasteiger partial charge in [0.1, 0.15) is 0 Å². The molecule has 0 aliphatic rings. The van der Waals surface area contributed by atoms with Crippen LogP contribution in [0.15, 0.2) is 47.4 Å². The van der Waals surface area contributed by atoms with Gasteiger partial charge in [0.15, 0.2) is 5.82 Å². The number of amides is 1. The average molecular weight is 323 g/mol. The predicted molar refractivity (Wildman–Crippen MR) is 87.0 cm³/mol. The minimum Gasteiger partial charge on any atom is -0.345 e. The third-order valence-corrected chi connectivity index (χ3v) is 3.39. The Bertz CT molecular complexity index is 813. The molecule has 0 radical (unpaired) electrons. The lowest BCUT2D eigenvalue weighted by Crippen LogP contribution is -2.23. The van der Waals surface area contributed by atoms with Crippen molar-refractivity contribution in [3.05, 3.63) is 60.1 Å². The van der Waals surface area contributed by atoms with E-state index in [-0.39, 0.29) is 18.4 Å². The van der Waals surface area contributed by atoms with E-state index in [0.29, 0.717) is 17.3 Å². The van der Waals surface area contributed by atoms with Crippen molar-refractivity contribution in [3.63, 3.8) is 0 Å². The Kier molecular flexibility index (Phi) is 4.60. The van der Waals surface area contributed by atoms with Crippen LogP contribution in [0.4, 0.5) is 0 Å². The lowest BCUT2D eigenvalue weighted by molar-refractivity contribution is 0.0949. The van der Waals surface area contributed by atoms with E-state index < -0.39 is 0 Å². The summed E-state index contributed by atoms with van der Waals surface area (Å²) >= 11 is 0. The maximum absolute atomic E-state index is 12.2. The number of pyridine rings is 2. The Balaban J connectivity index is 1.62. The Morgan fingerprint density at radius 2 is 2.00 bits per heavy atom. The van der Waals surface area contributed by atoms with E-state index in [1.807, 2.05) is 26.0 Å². The molecule has 3 rings (SSSR count). The quantitative estimate of drug-likeness (QED) is 0.775. The van der Waals surface area contributed by atoms with Crippen molar-refractivity contribution in [2.75, 3.05) is 0 Å². The highest BCUT2D eigenvalue weighted by molar-refractivity contribution is 5.94. The number of aromatic nitrogens is 4. The van der Waals surface area contributed by atoms with Crippen LogP contribution < -0.4 is 5.32 Å². The molecule has 0 unspecified atom stereocenters. The third-order valence-electron chi connectivity index (χ3n) is 3.39. The van der Waals surface area contributed by atoms with Crippen LogP contribution in [0, 0.1) is 0 Å². The number of hydrogen-bond donors (Lipinski definition) is 1. The lowest BCUT2D eigenvalue weighted by Gasteiger charge is -2.04. The van der Waals surface area contributed by atoms with Gasteiger partial charge in [-0.15, -0.1) is 0 Å². The Hall–Kier alpha value is -3.09. The molecule has 0 aliphatic carbocycles. The molecule has 3 heterocycles. The van der Waals surface area contributed by atoms with Gasteiger partial charge in [0.05, 0.1) is 17.8 Å². The van der Waals surface area contributed by atoms with Gasteiger partial charge in [-0.1, -0.05) is 19.0 Å². The van der Waals surface area contributed by atoms with Gasteiger partial charge >= 0.3 is 0 Å². The summed E-state index contributed by atoms with van der Waals surface area (Å²) in [5.74, 6) is 0.933. The van der Waals surface area contributed by atoms with Gasteiger partial charge in [0.2, 0.25) is 5.89 Å². The van der Waals surface area contributed by atoms with Gasteiger partial charge in [-0.05, 0) is 24.3 Å². The molecule has 0 bridgehead atoms. The first kappa shape index (κ1) is 15.8. The zero-order chi connectivity index (χ0) is 16.9. The molecule has 0 atom stereocenters. The van der Waals surface area contributed by atoms with Crippen molar-refractivity contribution in [1.29, 1.82) is 0 Å². The highest BCUT2D eigenvalue weighted by Gasteiger charge is 2.12. The van der Waals surface area contributed by atoms with Crippen molar-refractivity contribution < 1.29 is 9.32 Å². The first-order valence-corrected chi connectivity index (χ1v) is 7.60. The molecule has 3 aromatic rings. The van der Waals surface area contributed by atoms with E-state index in [4.69, 9.17) is 4.52 Å². The zero-order valence-electron chi connectivity index (χ0n) is 13.4. The molecule has 0 aromatic carbocycles. The van der Waals surface area contributed by atoms with Crippen LogP contribution in [0.1, 0.15) is 41.8 Å². The van der Waals surface area contributed by atoms with Crippen LogP contribution in [-0.4, -0.2) is 26.0 Å². The topological polar surface area (TPSA) is 93.8 Å². The summed E-state index contributed by atoms with van der Waals surface area (Å²) in [5, 5.41) is 6.59. The fourth-order valence-electron chi connectivity index (χ4n) is 2.06. The minimum absolute atomic E-state index is 0.159. The van der Waals surface area contributed by atoms with Crippen LogP contribution in [0.25, 0.3) is 11.3 Å². The number of nitrogens with zero attached hydrogens (tertiary/aromatic N) is 4. The molecule has 0 spiro atoms. The third kappa shape index (κ3) is 3.62. The Morgan fingerprint density at radius 3 is 2.62 bits per heavy atom. The van der Waals surface area contributed by atoms with Gasteiger partial charge in [0, 0.05) is 30.1 Å². The summed E-state index contributed by atoms with van der Waals surface area (Å²) < 4.78 is 5.10. The SMILES string of the molecule is CC(C)c1nc(CNC(=O)c2ccc(-c3ccncc3)nc2)no1. The van der Waals surface area contributed by atoms with Gasteiger partial charge in [-0.25, -0.2) is 0 Å². The summed E-state index contributed by atoms with van der Waals surface area (Å²) in [6, 6.07) is 7.26. The molecule has 7 nitrogen and oxygen atoms in total. The largest absolute Gasteiger partial charge is 0.345 e. The second-order valence-corrected chi connectivity index (χ2v) is 5.55. The molecule has 1 N–H and O–H groups in total. The van der Waals surface area contributed by atoms with Crippen molar-refractivity contribution in [2.24, 2.45) is 0 Å². The van der Waals surface area contributed by atoms with Crippen LogP contribution >= 0.6 is 0 Å². The van der Waals surface area contributed by atoms with Gasteiger partial charge in [-0.3, -0.25) is 14.8 Å². The van der Waals surface area contributed by atoms with E-state index >= 15 is 0 Å². The Labute approximate surface area is 139 Å². The standard InChI is InChI=1S/C17H17N5O2/c1-11(2)17-21-15(22-24-17)10-20-16(23)13-3-4-14(19-9-13)12-5-7-18-8-6-12/h3-9,11H,10H2,1-2H3,(H,20,23). The maximum atomic E-state index is 12.2. The average Bonchev–Trinajstić information content (AvgIpc) is 3.10. The molecular weight excluding hydrogens is 306 g/mol. The van der Waals surface area contributed by atoms with E-state index in [9.17, 15) is 4.79 Å². The molecule has 7 heteroatoms. The molecular formula is C17H17N5O2. The van der Waals surface area contributed by atoms with E-state index in [2.05, 4.69) is 25.4 Å². The summed E-state index contributed by atoms with van der Waals surface area (Å²) in [6.45, 7) is 4.14. The zero-order valence-corrected chi connectivity index (χ0v) is 13.4. The summed E-state index contributed by atoms with van der Waals surface area (Å²) in [6.07, 6.45) is 4.95. The molecule has 0 aliphatic heterocycles. The Morgan fingerprint density at radius 1 is 1.21 bits per heavy atom. The van der Waals surface area contributed by atoms with Gasteiger partial charge in [-0.2, -0.15) is 4.98 Å². The monoisotopic (exact) mass is 323 g/mol. The molecule has 0 saturated heterocycles. The molecule has 122 valence electrons. The number of rotatable bonds is 5. The fraction of sp³-hybridized carbons (Fsp3) is 0.235. The second kappa shape index (κ2) is 6.99. The normalized spacial score (nSPS) is 10.8. The first-order valence-electron chi connectivity index (χ1n) is 7.60. The first-order chi connectivity index (χ1) is 11.6. The van der Waals surface area contributed by atoms with Crippen molar-refractivity contribution in [1.82, 2.24) is 25.4 Å². The van der Waals surface area contributed by atoms with E-state index in [0.717, 1.165) is 11.3 Å². The fourth-order valence-corrected chi connectivity index (χ4v) is 2.06. The number of hydrogen-bond acceptors (Lipinski definition) is 6. The minimum atomic E-state index is -0.236. The molecule has 0 fully saturated rings. The lowest BCUT2D eigenvalue weighted by atomic mass is 10.1. The maximum Gasteiger partial charge on any atom is 0.253 e. The number of nitrogens with one attached hydrogen (secondary N) is 1. The summed E-state index contributed by atoms with van der Waals surface area (Å²) in [4.78, 5) is 24.7. The molecule has 1 amide bonds. The van der Waals surface area contributed by atoms with Crippen molar-refractivity contribution in [2.45, 2.75) is 26.3 Å². The summed E-state index contributed by atoms with van der Waals surface area (Å²) in [7, 11) is 0. The number of carbonyl (C=O) groups is 1. The van der Waals surface area contributed by atoms with E-state index in [1.54, 1.807) is 30.7 Å². The molecule has 3 aromatic heterocycles. The van der Waals surface area contributed by atoms with Gasteiger partial charge in [0.25, 0.3) is 5.91 Å². The summed E-state index contributed by atoms with van der Waals surface area (Å²) in [5.41, 5.74) is 2.21. The van der Waals surface area contributed by atoms with E-state index in [1.165, 1.54) is 0 Å². The molecule has 0 saturated carbocycles. The predicted octanol–water partition coefficient (Wildman–Crippen LogP) is 2.58. The van der Waals surface area contributed by atoms with Crippen molar-refractivity contribution >= 4 is 5.91 Å². The number of carbonyl (C=O) groups excluding carboxylic acids is 1. The van der Waals surface area contributed by atoms with Crippen molar-refractivity contribution in [3.8, 4) is 11.3 Å². The van der Waals surface area contributed by atoms with Crippen LogP contribution in [-0.2, 0) is 6.54 Å². The van der Waals surface area contributed by atoms with Gasteiger partial charge < -0.3 is 9.84 Å². The van der Waals surface area contributed by atoms with Crippen LogP contribution in [0.3, 0.4) is 0 Å². The van der Waals surface area contributed by atoms with Crippen LogP contribution in [0.5, 0.6) is 0 Å². The highest BCUT2D eigenvalue weighted by atomic mass is 16.5. The molecule has 24 heavy (non-hydrogen) atoms. The van der Waals surface area contributed by atoms with Crippen LogP contribution in [0.2, 0.25) is 0 Å². The highest BCUT2D eigenvalue weighted by Crippen LogP contribution is 2.15.